The monoisotopic (exact) mass is 163 g/mol. The molecule has 0 fully saturated rings. The highest BCUT2D eigenvalue weighted by Gasteiger charge is 2.13. The Balaban J connectivity index is 2.34. The van der Waals surface area contributed by atoms with Gasteiger partial charge in [-0.3, -0.25) is 0 Å². The van der Waals surface area contributed by atoms with E-state index >= 15 is 0 Å². The van der Waals surface area contributed by atoms with Crippen LogP contribution in [0.2, 0.25) is 0 Å². The maximum Gasteiger partial charge on any atom is 0.158 e. The minimum Gasteiger partial charge on any atom is -0.309 e. The van der Waals surface area contributed by atoms with E-state index in [2.05, 4.69) is 20.1 Å². The van der Waals surface area contributed by atoms with Gasteiger partial charge in [-0.05, 0) is 0 Å². The molecule has 0 unspecified atom stereocenters. The largest absolute Gasteiger partial charge is 0.309 e. The Morgan fingerprint density at radius 1 is 1.50 bits per heavy atom. The smallest absolute Gasteiger partial charge is 0.158 e. The zero-order valence-corrected chi connectivity index (χ0v) is 6.56. The third kappa shape index (κ3) is 0.660. The van der Waals surface area contributed by atoms with Crippen LogP contribution in [-0.4, -0.2) is 25.9 Å². The van der Waals surface area contributed by atoms with Crippen molar-refractivity contribution in [3.8, 4) is 0 Å². The number of hydrogen-bond donors (Lipinski definition) is 1. The molecule has 0 amide bonds. The number of aromatic nitrogens is 4. The second kappa shape index (κ2) is 2.07. The molecule has 0 saturated carbocycles. The van der Waals surface area contributed by atoms with Crippen LogP contribution in [0.1, 0.15) is 5.82 Å². The fraction of sp³-hybridized carbons (Fsp3) is 0.429. The van der Waals surface area contributed by atoms with E-state index < -0.39 is 0 Å². The Hall–Kier alpha value is -1.36. The van der Waals surface area contributed by atoms with Gasteiger partial charge in [0.2, 0.25) is 0 Å². The van der Waals surface area contributed by atoms with Gasteiger partial charge in [-0.1, -0.05) is 0 Å². The average molecular weight is 163 g/mol. The van der Waals surface area contributed by atoms with Crippen LogP contribution in [0.25, 0.3) is 5.65 Å². The lowest BCUT2D eigenvalue weighted by Crippen LogP contribution is -2.28. The molecule has 1 aliphatic heterocycles. The minimum atomic E-state index is 0.851. The van der Waals surface area contributed by atoms with Crippen molar-refractivity contribution in [2.75, 3.05) is 6.54 Å². The minimum absolute atomic E-state index is 0.851. The van der Waals surface area contributed by atoms with Crippen LogP contribution in [0.5, 0.6) is 0 Å². The van der Waals surface area contributed by atoms with Gasteiger partial charge in [0.05, 0.1) is 12.7 Å². The predicted molar refractivity (Wildman–Crippen MR) is 42.7 cm³/mol. The van der Waals surface area contributed by atoms with E-state index in [4.69, 9.17) is 0 Å². The molecule has 0 spiro atoms. The SMILES string of the molecule is c1cc2n3c(nn2n1)CNCC3. The first kappa shape index (κ1) is 6.19. The first-order valence-corrected chi connectivity index (χ1v) is 4.05. The molecule has 3 rings (SSSR count). The molecule has 62 valence electrons. The van der Waals surface area contributed by atoms with E-state index in [0.29, 0.717) is 0 Å². The Labute approximate surface area is 69.0 Å². The third-order valence-corrected chi connectivity index (χ3v) is 2.20. The summed E-state index contributed by atoms with van der Waals surface area (Å²) in [6, 6.07) is 1.99. The van der Waals surface area contributed by atoms with Crippen molar-refractivity contribution in [2.24, 2.45) is 0 Å². The highest BCUT2D eigenvalue weighted by atomic mass is 15.5. The van der Waals surface area contributed by atoms with E-state index in [1.54, 1.807) is 10.8 Å². The highest BCUT2D eigenvalue weighted by Crippen LogP contribution is 2.08. The lowest BCUT2D eigenvalue weighted by Gasteiger charge is -2.13. The molecule has 5 nitrogen and oxygen atoms in total. The number of fused-ring (bicyclic) bond motifs is 3. The number of hydrogen-bond acceptors (Lipinski definition) is 3. The maximum absolute atomic E-state index is 4.32. The highest BCUT2D eigenvalue weighted by molar-refractivity contribution is 5.37. The topological polar surface area (TPSA) is 47.2 Å². The van der Waals surface area contributed by atoms with Crippen molar-refractivity contribution in [2.45, 2.75) is 13.1 Å². The van der Waals surface area contributed by atoms with E-state index in [0.717, 1.165) is 31.1 Å². The Bertz CT molecular complexity index is 412. The zero-order chi connectivity index (χ0) is 7.97. The summed E-state index contributed by atoms with van der Waals surface area (Å²) < 4.78 is 3.88. The lowest BCUT2D eigenvalue weighted by atomic mass is 10.4. The first-order chi connectivity index (χ1) is 5.95. The van der Waals surface area contributed by atoms with E-state index in [9.17, 15) is 0 Å². The van der Waals surface area contributed by atoms with Gasteiger partial charge in [-0.2, -0.15) is 5.10 Å². The summed E-state index contributed by atoms with van der Waals surface area (Å²) in [5.74, 6) is 1.07. The van der Waals surface area contributed by atoms with Crippen LogP contribution in [0, 0.1) is 0 Å². The second-order valence-corrected chi connectivity index (χ2v) is 2.92. The van der Waals surface area contributed by atoms with Gasteiger partial charge in [-0.15, -0.1) is 9.73 Å². The molecule has 0 aliphatic carbocycles. The summed E-state index contributed by atoms with van der Waals surface area (Å²) in [5, 5.41) is 11.7. The van der Waals surface area contributed by atoms with Crippen molar-refractivity contribution < 1.29 is 0 Å². The van der Waals surface area contributed by atoms with Crippen molar-refractivity contribution in [3.63, 3.8) is 0 Å². The molecule has 0 saturated heterocycles. The van der Waals surface area contributed by atoms with Gasteiger partial charge in [0, 0.05) is 19.2 Å². The molecule has 3 heterocycles. The predicted octanol–water partition coefficient (Wildman–Crippen LogP) is -0.366. The van der Waals surface area contributed by atoms with E-state index in [1.165, 1.54) is 0 Å². The lowest BCUT2D eigenvalue weighted by molar-refractivity contribution is 0.513. The fourth-order valence-electron chi connectivity index (χ4n) is 1.62. The van der Waals surface area contributed by atoms with Crippen LogP contribution < -0.4 is 5.32 Å². The summed E-state index contributed by atoms with van der Waals surface area (Å²) in [6.07, 6.45) is 1.78. The van der Waals surface area contributed by atoms with Gasteiger partial charge < -0.3 is 9.88 Å². The number of nitrogens with zero attached hydrogens (tertiary/aromatic N) is 4. The van der Waals surface area contributed by atoms with E-state index in [1.807, 2.05) is 6.07 Å². The molecule has 0 aromatic carbocycles. The summed E-state index contributed by atoms with van der Waals surface area (Å²) in [6.45, 7) is 2.86. The standard InChI is InChI=1S/C7H9N5/c1-2-9-12-7(1)11-4-3-8-5-6(11)10-12/h1-2,8H,3-5H2. The normalized spacial score (nSPS) is 16.7. The van der Waals surface area contributed by atoms with Crippen molar-refractivity contribution >= 4 is 5.65 Å². The summed E-state index contributed by atoms with van der Waals surface area (Å²) in [5.41, 5.74) is 1.09. The summed E-state index contributed by atoms with van der Waals surface area (Å²) >= 11 is 0. The molecule has 1 aliphatic rings. The average Bonchev–Trinajstić information content (AvgIpc) is 2.62. The van der Waals surface area contributed by atoms with Crippen LogP contribution in [0.15, 0.2) is 12.3 Å². The second-order valence-electron chi connectivity index (χ2n) is 2.92. The van der Waals surface area contributed by atoms with Crippen LogP contribution >= 0.6 is 0 Å². The van der Waals surface area contributed by atoms with Crippen LogP contribution in [0.4, 0.5) is 0 Å². The third-order valence-electron chi connectivity index (χ3n) is 2.20. The molecule has 0 radical (unpaired) electrons. The molecule has 12 heavy (non-hydrogen) atoms. The van der Waals surface area contributed by atoms with Gasteiger partial charge >= 0.3 is 0 Å². The molecule has 0 bridgehead atoms. The number of nitrogens with one attached hydrogen (secondary N) is 1. The summed E-state index contributed by atoms with van der Waals surface area (Å²) in [4.78, 5) is 0. The van der Waals surface area contributed by atoms with Crippen LogP contribution in [-0.2, 0) is 13.1 Å². The first-order valence-electron chi connectivity index (χ1n) is 4.05. The molecule has 1 N–H and O–H groups in total. The van der Waals surface area contributed by atoms with Gasteiger partial charge in [0.25, 0.3) is 0 Å². The van der Waals surface area contributed by atoms with Crippen molar-refractivity contribution in [1.82, 2.24) is 24.7 Å². The molecule has 2 aromatic heterocycles. The van der Waals surface area contributed by atoms with Crippen molar-refractivity contribution in [3.05, 3.63) is 18.1 Å². The zero-order valence-electron chi connectivity index (χ0n) is 6.56. The Morgan fingerprint density at radius 3 is 3.50 bits per heavy atom. The van der Waals surface area contributed by atoms with Crippen molar-refractivity contribution in [1.29, 1.82) is 0 Å². The molecular weight excluding hydrogens is 154 g/mol. The molecule has 2 aromatic rings. The van der Waals surface area contributed by atoms with Crippen LogP contribution in [0.3, 0.4) is 0 Å². The quantitative estimate of drug-likeness (QED) is 0.576. The fourth-order valence-corrected chi connectivity index (χ4v) is 1.62. The maximum atomic E-state index is 4.32. The van der Waals surface area contributed by atoms with Gasteiger partial charge in [0.1, 0.15) is 5.82 Å². The number of rotatable bonds is 0. The summed E-state index contributed by atoms with van der Waals surface area (Å²) in [7, 11) is 0. The molecular formula is C7H9N5. The van der Waals surface area contributed by atoms with E-state index in [-0.39, 0.29) is 0 Å². The van der Waals surface area contributed by atoms with Gasteiger partial charge in [-0.25, -0.2) is 0 Å². The molecule has 0 atom stereocenters. The Kier molecular flexibility index (Phi) is 1.07. The van der Waals surface area contributed by atoms with Gasteiger partial charge in [0.15, 0.2) is 5.65 Å². The molecule has 5 heteroatoms. The Morgan fingerprint density at radius 2 is 2.50 bits per heavy atom.